The highest BCUT2D eigenvalue weighted by atomic mass is 32.2. The summed E-state index contributed by atoms with van der Waals surface area (Å²) in [7, 11) is -2.83. The summed E-state index contributed by atoms with van der Waals surface area (Å²) >= 11 is 0. The van der Waals surface area contributed by atoms with Crippen molar-refractivity contribution < 1.29 is 8.42 Å². The second-order valence-corrected chi connectivity index (χ2v) is 6.76. The molecule has 0 bridgehead atoms. The van der Waals surface area contributed by atoms with Gasteiger partial charge in [0.1, 0.15) is 9.84 Å². The molecule has 90 valence electrons. The van der Waals surface area contributed by atoms with Crippen molar-refractivity contribution in [2.45, 2.75) is 32.4 Å². The Labute approximate surface area is 93.0 Å². The molecule has 1 aliphatic rings. The van der Waals surface area contributed by atoms with Crippen LogP contribution in [0.2, 0.25) is 0 Å². The summed E-state index contributed by atoms with van der Waals surface area (Å²) in [6, 6.07) is 0.954. The van der Waals surface area contributed by atoms with Gasteiger partial charge >= 0.3 is 0 Å². The summed E-state index contributed by atoms with van der Waals surface area (Å²) in [5.41, 5.74) is 0. The maximum Gasteiger partial charge on any atom is 0.148 e. The Morgan fingerprint density at radius 3 is 2.67 bits per heavy atom. The van der Waals surface area contributed by atoms with Gasteiger partial charge in [-0.15, -0.1) is 0 Å². The first-order chi connectivity index (χ1) is 6.92. The van der Waals surface area contributed by atoms with Gasteiger partial charge in [0.25, 0.3) is 0 Å². The molecule has 1 N–H and O–H groups in total. The van der Waals surface area contributed by atoms with Gasteiger partial charge in [-0.1, -0.05) is 6.92 Å². The maximum absolute atomic E-state index is 11.1. The molecular formula is C10H22N2O2S. The third kappa shape index (κ3) is 4.49. The molecule has 2 unspecified atom stereocenters. The molecule has 0 amide bonds. The minimum absolute atomic E-state index is 0.274. The Balaban J connectivity index is 2.49. The molecule has 0 saturated carbocycles. The molecule has 0 aromatic carbocycles. The average molecular weight is 234 g/mol. The van der Waals surface area contributed by atoms with Gasteiger partial charge in [0.05, 0.1) is 5.75 Å². The number of piperazine rings is 1. The molecule has 1 heterocycles. The molecular weight excluding hydrogens is 212 g/mol. The van der Waals surface area contributed by atoms with E-state index in [4.69, 9.17) is 0 Å². The number of hydrogen-bond acceptors (Lipinski definition) is 4. The number of nitrogens with one attached hydrogen (secondary N) is 1. The van der Waals surface area contributed by atoms with Crippen LogP contribution in [0.5, 0.6) is 0 Å². The van der Waals surface area contributed by atoms with Crippen molar-refractivity contribution in [1.29, 1.82) is 0 Å². The molecule has 2 atom stereocenters. The topological polar surface area (TPSA) is 49.4 Å². The number of sulfone groups is 1. The molecule has 1 saturated heterocycles. The second kappa shape index (κ2) is 5.27. The highest BCUT2D eigenvalue weighted by Gasteiger charge is 2.24. The van der Waals surface area contributed by atoms with E-state index in [9.17, 15) is 8.42 Å². The molecule has 1 fully saturated rings. The van der Waals surface area contributed by atoms with Crippen molar-refractivity contribution in [3.05, 3.63) is 0 Å². The molecule has 1 aliphatic heterocycles. The second-order valence-electron chi connectivity index (χ2n) is 4.50. The first-order valence-corrected chi connectivity index (χ1v) is 7.63. The number of nitrogens with zero attached hydrogens (tertiary/aromatic N) is 1. The van der Waals surface area contributed by atoms with Gasteiger partial charge < -0.3 is 5.32 Å². The van der Waals surface area contributed by atoms with Crippen LogP contribution in [0.25, 0.3) is 0 Å². The Bertz CT molecular complexity index is 290. The predicted molar refractivity (Wildman–Crippen MR) is 62.8 cm³/mol. The van der Waals surface area contributed by atoms with Crippen LogP contribution in [0.3, 0.4) is 0 Å². The Morgan fingerprint density at radius 1 is 1.47 bits per heavy atom. The monoisotopic (exact) mass is 234 g/mol. The molecule has 0 aliphatic carbocycles. The van der Waals surface area contributed by atoms with E-state index in [0.29, 0.717) is 18.6 Å². The lowest BCUT2D eigenvalue weighted by Gasteiger charge is -2.38. The summed E-state index contributed by atoms with van der Waals surface area (Å²) in [4.78, 5) is 2.29. The van der Waals surface area contributed by atoms with Crippen molar-refractivity contribution in [2.75, 3.05) is 31.6 Å². The fourth-order valence-corrected chi connectivity index (χ4v) is 2.56. The van der Waals surface area contributed by atoms with E-state index in [1.165, 1.54) is 6.26 Å². The Hall–Kier alpha value is -0.130. The van der Waals surface area contributed by atoms with Gasteiger partial charge in [-0.2, -0.15) is 0 Å². The lowest BCUT2D eigenvalue weighted by Crippen LogP contribution is -2.56. The van der Waals surface area contributed by atoms with Gasteiger partial charge in [-0.05, 0) is 13.3 Å². The summed E-state index contributed by atoms with van der Waals surface area (Å²) in [6.07, 6.45) is 2.38. The van der Waals surface area contributed by atoms with Crippen LogP contribution in [0, 0.1) is 0 Å². The summed E-state index contributed by atoms with van der Waals surface area (Å²) in [6.45, 7) is 6.88. The van der Waals surface area contributed by atoms with Gasteiger partial charge in [0, 0.05) is 38.0 Å². The zero-order valence-corrected chi connectivity index (χ0v) is 10.7. The van der Waals surface area contributed by atoms with Crippen molar-refractivity contribution in [3.63, 3.8) is 0 Å². The largest absolute Gasteiger partial charge is 0.311 e. The van der Waals surface area contributed by atoms with Crippen LogP contribution >= 0.6 is 0 Å². The van der Waals surface area contributed by atoms with E-state index in [-0.39, 0.29) is 5.75 Å². The van der Waals surface area contributed by atoms with Crippen LogP contribution in [0.15, 0.2) is 0 Å². The molecule has 1 rings (SSSR count). The van der Waals surface area contributed by atoms with E-state index in [0.717, 1.165) is 19.5 Å². The minimum atomic E-state index is -2.83. The van der Waals surface area contributed by atoms with Crippen LogP contribution in [-0.2, 0) is 9.84 Å². The number of rotatable bonds is 4. The molecule has 5 heteroatoms. The van der Waals surface area contributed by atoms with Crippen LogP contribution in [0.1, 0.15) is 20.3 Å². The zero-order chi connectivity index (χ0) is 11.5. The lowest BCUT2D eigenvalue weighted by atomic mass is 10.1. The van der Waals surface area contributed by atoms with Gasteiger partial charge in [-0.25, -0.2) is 8.42 Å². The van der Waals surface area contributed by atoms with Crippen LogP contribution in [-0.4, -0.2) is 57.0 Å². The van der Waals surface area contributed by atoms with Crippen LogP contribution < -0.4 is 5.32 Å². The van der Waals surface area contributed by atoms with Crippen molar-refractivity contribution in [3.8, 4) is 0 Å². The standard InChI is InChI=1S/C10H22N2O2S/c1-4-10-7-11-9(2)8-12(10)5-6-15(3,13)14/h9-11H,4-8H2,1-3H3. The summed E-state index contributed by atoms with van der Waals surface area (Å²) < 4.78 is 22.2. The smallest absolute Gasteiger partial charge is 0.148 e. The molecule has 0 radical (unpaired) electrons. The van der Waals surface area contributed by atoms with Gasteiger partial charge in [0.15, 0.2) is 0 Å². The van der Waals surface area contributed by atoms with E-state index in [2.05, 4.69) is 24.1 Å². The first-order valence-electron chi connectivity index (χ1n) is 5.57. The maximum atomic E-state index is 11.1. The average Bonchev–Trinajstić information content (AvgIpc) is 2.14. The van der Waals surface area contributed by atoms with Crippen molar-refractivity contribution >= 4 is 9.84 Å². The molecule has 0 aromatic heterocycles. The van der Waals surface area contributed by atoms with E-state index in [1.54, 1.807) is 0 Å². The predicted octanol–water partition coefficient (Wildman–Crippen LogP) is 0.103. The van der Waals surface area contributed by atoms with E-state index >= 15 is 0 Å². The van der Waals surface area contributed by atoms with Gasteiger partial charge in [-0.3, -0.25) is 4.90 Å². The zero-order valence-electron chi connectivity index (χ0n) is 9.86. The third-order valence-corrected chi connectivity index (χ3v) is 3.87. The Kier molecular flexibility index (Phi) is 4.55. The highest BCUT2D eigenvalue weighted by Crippen LogP contribution is 2.09. The molecule has 15 heavy (non-hydrogen) atoms. The Morgan fingerprint density at radius 2 is 2.13 bits per heavy atom. The molecule has 0 aromatic rings. The minimum Gasteiger partial charge on any atom is -0.311 e. The molecule has 0 spiro atoms. The molecule has 4 nitrogen and oxygen atoms in total. The third-order valence-electron chi connectivity index (χ3n) is 2.95. The quantitative estimate of drug-likeness (QED) is 0.750. The fourth-order valence-electron chi connectivity index (χ4n) is 1.99. The fraction of sp³-hybridized carbons (Fsp3) is 1.00. The lowest BCUT2D eigenvalue weighted by molar-refractivity contribution is 0.140. The van der Waals surface area contributed by atoms with Crippen molar-refractivity contribution in [2.24, 2.45) is 0 Å². The van der Waals surface area contributed by atoms with Crippen molar-refractivity contribution in [1.82, 2.24) is 10.2 Å². The first kappa shape index (κ1) is 12.9. The normalized spacial score (nSPS) is 29.3. The summed E-state index contributed by atoms with van der Waals surface area (Å²) in [5, 5.41) is 3.42. The van der Waals surface area contributed by atoms with Crippen LogP contribution in [0.4, 0.5) is 0 Å². The highest BCUT2D eigenvalue weighted by molar-refractivity contribution is 7.90. The van der Waals surface area contributed by atoms with Gasteiger partial charge in [0.2, 0.25) is 0 Å². The SMILES string of the molecule is CCC1CNC(C)CN1CCS(C)(=O)=O. The number of hydrogen-bond donors (Lipinski definition) is 1. The van der Waals surface area contributed by atoms with E-state index in [1.807, 2.05) is 0 Å². The summed E-state index contributed by atoms with van der Waals surface area (Å²) in [5.74, 6) is 0.274. The van der Waals surface area contributed by atoms with E-state index < -0.39 is 9.84 Å².